The number of hydrogen-bond acceptors (Lipinski definition) is 3. The molecule has 0 heterocycles. The molecule has 0 amide bonds. The summed E-state index contributed by atoms with van der Waals surface area (Å²) in [5.74, 6) is -0.117. The maximum atomic E-state index is 15.6. The summed E-state index contributed by atoms with van der Waals surface area (Å²) in [6.45, 7) is 0. The molecule has 2 bridgehead atoms. The lowest BCUT2D eigenvalue weighted by atomic mass is 9.97. The molecular formula is C31H30O3P2. The van der Waals surface area contributed by atoms with Crippen LogP contribution in [-0.2, 0) is 9.13 Å². The Labute approximate surface area is 213 Å². The van der Waals surface area contributed by atoms with Crippen molar-refractivity contribution in [2.75, 3.05) is 0 Å². The SMILES string of the molecule is O=P(c1ccccc1)(c1ccccc1)[C@@H]1[C@@H]2C[C@H]([C@H]1P(=O)(c1ccccc1)c1ccccc1)[C@H](O)C2. The predicted octanol–water partition coefficient (Wildman–Crippen LogP) is 5.15. The lowest BCUT2D eigenvalue weighted by Crippen LogP contribution is -2.46. The molecule has 0 spiro atoms. The van der Waals surface area contributed by atoms with Gasteiger partial charge in [0.2, 0.25) is 0 Å². The van der Waals surface area contributed by atoms with Crippen molar-refractivity contribution in [3.63, 3.8) is 0 Å². The third-order valence-corrected chi connectivity index (χ3v) is 15.9. The van der Waals surface area contributed by atoms with E-state index >= 15 is 9.13 Å². The molecule has 5 atom stereocenters. The van der Waals surface area contributed by atoms with Gasteiger partial charge in [-0.05, 0) is 24.7 Å². The summed E-state index contributed by atoms with van der Waals surface area (Å²) in [5.41, 5.74) is -0.732. The minimum absolute atomic E-state index is 0.0435. The molecule has 182 valence electrons. The zero-order chi connectivity index (χ0) is 24.8. The maximum Gasteiger partial charge on any atom is 0.147 e. The second-order valence-corrected chi connectivity index (χ2v) is 16.0. The van der Waals surface area contributed by atoms with Gasteiger partial charge in [0.05, 0.1) is 6.10 Å². The summed E-state index contributed by atoms with van der Waals surface area (Å²) in [5, 5.41) is 14.3. The van der Waals surface area contributed by atoms with E-state index in [1.54, 1.807) is 0 Å². The lowest BCUT2D eigenvalue weighted by Gasteiger charge is -2.43. The van der Waals surface area contributed by atoms with E-state index in [4.69, 9.17) is 0 Å². The largest absolute Gasteiger partial charge is 0.393 e. The normalized spacial score (nSPS) is 25.6. The summed E-state index contributed by atoms with van der Waals surface area (Å²) < 4.78 is 31.3. The highest BCUT2D eigenvalue weighted by Crippen LogP contribution is 2.71. The Morgan fingerprint density at radius 2 is 0.833 bits per heavy atom. The van der Waals surface area contributed by atoms with Crippen molar-refractivity contribution in [3.8, 4) is 0 Å². The fourth-order valence-corrected chi connectivity index (χ4v) is 15.4. The van der Waals surface area contributed by atoms with Gasteiger partial charge in [0.15, 0.2) is 0 Å². The van der Waals surface area contributed by atoms with E-state index in [1.165, 1.54) is 0 Å². The quantitative estimate of drug-likeness (QED) is 0.364. The van der Waals surface area contributed by atoms with Gasteiger partial charge in [-0.1, -0.05) is 121 Å². The van der Waals surface area contributed by atoms with Crippen molar-refractivity contribution < 1.29 is 14.2 Å². The number of rotatable bonds is 6. The van der Waals surface area contributed by atoms with Crippen LogP contribution >= 0.6 is 14.3 Å². The Bertz CT molecular complexity index is 1340. The Morgan fingerprint density at radius 1 is 0.500 bits per heavy atom. The molecule has 4 aromatic rings. The molecule has 0 aromatic heterocycles. The average Bonchev–Trinajstić information content (AvgIpc) is 3.52. The highest BCUT2D eigenvalue weighted by atomic mass is 31.2. The first kappa shape index (κ1) is 23.7. The summed E-state index contributed by atoms with van der Waals surface area (Å²) in [6.07, 6.45) is 0.833. The van der Waals surface area contributed by atoms with E-state index in [1.807, 2.05) is 121 Å². The number of hydrogen-bond donors (Lipinski definition) is 1. The number of aliphatic hydroxyl groups excluding tert-OH is 1. The van der Waals surface area contributed by atoms with Crippen LogP contribution in [-0.4, -0.2) is 22.5 Å². The van der Waals surface area contributed by atoms with Crippen LogP contribution in [0.25, 0.3) is 0 Å². The molecule has 2 aliphatic carbocycles. The molecule has 0 radical (unpaired) electrons. The standard InChI is InChI=1S/C31H30O3P2/c32-29-22-23-21-28(29)31(36(34,26-17-9-3-10-18-26)27-19-11-4-12-20-27)30(23)35(33,24-13-5-1-6-14-24)25-15-7-2-8-16-25/h1-20,23,28-32H,21-22H2/t23-,28+,29-,30-,31-/m1/s1. The third-order valence-electron chi connectivity index (χ3n) is 8.28. The lowest BCUT2D eigenvalue weighted by molar-refractivity contribution is 0.116. The van der Waals surface area contributed by atoms with Crippen LogP contribution < -0.4 is 21.2 Å². The predicted molar refractivity (Wildman–Crippen MR) is 149 cm³/mol. The monoisotopic (exact) mass is 512 g/mol. The van der Waals surface area contributed by atoms with Crippen molar-refractivity contribution in [2.24, 2.45) is 11.8 Å². The molecule has 0 saturated heterocycles. The molecule has 2 aliphatic rings. The molecule has 4 aromatic carbocycles. The average molecular weight is 513 g/mol. The van der Waals surface area contributed by atoms with Crippen LogP contribution in [0.4, 0.5) is 0 Å². The summed E-state index contributed by atoms with van der Waals surface area (Å²) in [6, 6.07) is 38.9. The van der Waals surface area contributed by atoms with Crippen LogP contribution in [0.2, 0.25) is 0 Å². The fourth-order valence-electron chi connectivity index (χ4n) is 6.85. The van der Waals surface area contributed by atoms with Crippen LogP contribution in [0, 0.1) is 11.8 Å². The number of aliphatic hydroxyl groups is 1. The zero-order valence-corrected chi connectivity index (χ0v) is 21.8. The van der Waals surface area contributed by atoms with E-state index in [0.29, 0.717) is 6.42 Å². The fraction of sp³-hybridized carbons (Fsp3) is 0.226. The highest BCUT2D eigenvalue weighted by molar-refractivity contribution is 7.83. The minimum Gasteiger partial charge on any atom is -0.393 e. The molecule has 2 fully saturated rings. The van der Waals surface area contributed by atoms with Gasteiger partial charge in [-0.2, -0.15) is 0 Å². The molecule has 0 aliphatic heterocycles. The molecule has 2 saturated carbocycles. The molecular weight excluding hydrogens is 482 g/mol. The minimum atomic E-state index is -3.28. The van der Waals surface area contributed by atoms with Crippen molar-refractivity contribution >= 4 is 35.5 Å². The number of fused-ring (bicyclic) bond motifs is 2. The zero-order valence-electron chi connectivity index (χ0n) is 20.0. The molecule has 36 heavy (non-hydrogen) atoms. The first-order chi connectivity index (χ1) is 17.5. The van der Waals surface area contributed by atoms with Crippen molar-refractivity contribution in [3.05, 3.63) is 121 Å². The van der Waals surface area contributed by atoms with Crippen LogP contribution in [0.15, 0.2) is 121 Å². The van der Waals surface area contributed by atoms with Crippen LogP contribution in [0.1, 0.15) is 12.8 Å². The van der Waals surface area contributed by atoms with Crippen LogP contribution in [0.5, 0.6) is 0 Å². The molecule has 3 nitrogen and oxygen atoms in total. The summed E-state index contributed by atoms with van der Waals surface area (Å²) in [4.78, 5) is 0. The third kappa shape index (κ3) is 3.60. The van der Waals surface area contributed by atoms with Gasteiger partial charge < -0.3 is 14.2 Å². The van der Waals surface area contributed by atoms with E-state index in [0.717, 1.165) is 27.6 Å². The summed E-state index contributed by atoms with van der Waals surface area (Å²) in [7, 11) is -6.49. The van der Waals surface area contributed by atoms with Gasteiger partial charge in [0, 0.05) is 32.5 Å². The Hall–Kier alpha value is -2.70. The van der Waals surface area contributed by atoms with Gasteiger partial charge in [-0.3, -0.25) is 0 Å². The topological polar surface area (TPSA) is 54.4 Å². The van der Waals surface area contributed by atoms with Crippen LogP contribution in [0.3, 0.4) is 0 Å². The van der Waals surface area contributed by atoms with Gasteiger partial charge in [-0.25, -0.2) is 0 Å². The molecule has 0 unspecified atom stereocenters. The molecule has 1 N–H and O–H groups in total. The van der Waals surface area contributed by atoms with E-state index in [2.05, 4.69) is 0 Å². The first-order valence-corrected chi connectivity index (χ1v) is 16.2. The number of benzene rings is 4. The maximum absolute atomic E-state index is 15.6. The smallest absolute Gasteiger partial charge is 0.147 e. The highest BCUT2D eigenvalue weighted by Gasteiger charge is 2.64. The summed E-state index contributed by atoms with van der Waals surface area (Å²) >= 11 is 0. The second-order valence-electron chi connectivity index (χ2n) is 10.1. The van der Waals surface area contributed by atoms with Gasteiger partial charge >= 0.3 is 0 Å². The van der Waals surface area contributed by atoms with Gasteiger partial charge in [-0.15, -0.1) is 0 Å². The van der Waals surface area contributed by atoms with Gasteiger partial charge in [0.1, 0.15) is 14.3 Å². The van der Waals surface area contributed by atoms with Crippen molar-refractivity contribution in [1.82, 2.24) is 0 Å². The Balaban J connectivity index is 1.63. The van der Waals surface area contributed by atoms with Crippen molar-refractivity contribution in [1.29, 1.82) is 0 Å². The second kappa shape index (κ2) is 9.31. The molecule has 5 heteroatoms. The van der Waals surface area contributed by atoms with E-state index in [-0.39, 0.29) is 17.5 Å². The van der Waals surface area contributed by atoms with E-state index < -0.39 is 26.0 Å². The molecule has 6 rings (SSSR count). The van der Waals surface area contributed by atoms with E-state index in [9.17, 15) is 5.11 Å². The van der Waals surface area contributed by atoms with Gasteiger partial charge in [0.25, 0.3) is 0 Å². The van der Waals surface area contributed by atoms with Crippen molar-refractivity contribution in [2.45, 2.75) is 30.3 Å². The Morgan fingerprint density at radius 3 is 1.19 bits per heavy atom. The Kier molecular flexibility index (Phi) is 6.12. The first-order valence-electron chi connectivity index (χ1n) is 12.6.